The van der Waals surface area contributed by atoms with Gasteiger partial charge in [0.2, 0.25) is 4.47 Å². The van der Waals surface area contributed by atoms with Crippen LogP contribution in [0.4, 0.5) is 0 Å². The number of piperidine rings is 1. The van der Waals surface area contributed by atoms with Crippen molar-refractivity contribution in [3.05, 3.63) is 9.47 Å². The van der Waals surface area contributed by atoms with E-state index in [-0.39, 0.29) is 11.9 Å². The average Bonchev–Trinajstić information content (AvgIpc) is 2.74. The van der Waals surface area contributed by atoms with Gasteiger partial charge in [0, 0.05) is 6.54 Å². The van der Waals surface area contributed by atoms with Crippen LogP contribution in [0.5, 0.6) is 0 Å². The first-order valence-corrected chi connectivity index (χ1v) is 6.66. The molecule has 1 aliphatic heterocycles. The van der Waals surface area contributed by atoms with Gasteiger partial charge in [-0.15, -0.1) is 10.2 Å². The average molecular weight is 276 g/mol. The van der Waals surface area contributed by atoms with E-state index in [1.54, 1.807) is 0 Å². The summed E-state index contributed by atoms with van der Waals surface area (Å²) in [5.74, 6) is -0.137. The number of aromatic nitrogens is 2. The van der Waals surface area contributed by atoms with Gasteiger partial charge in [-0.25, -0.2) is 0 Å². The van der Waals surface area contributed by atoms with E-state index < -0.39 is 0 Å². The highest BCUT2D eigenvalue weighted by atomic mass is 35.5. The zero-order valence-electron chi connectivity index (χ0n) is 9.56. The maximum atomic E-state index is 11.5. The number of carbonyl (C=O) groups is 1. The molecular weight excluding hydrogens is 262 g/mol. The minimum absolute atomic E-state index is 0.0165. The zero-order chi connectivity index (χ0) is 12.3. The van der Waals surface area contributed by atoms with E-state index in [9.17, 15) is 4.79 Å². The van der Waals surface area contributed by atoms with Crippen molar-refractivity contribution in [2.45, 2.75) is 19.4 Å². The highest BCUT2D eigenvalue weighted by Crippen LogP contribution is 2.22. The summed E-state index contributed by atoms with van der Waals surface area (Å²) in [5.41, 5.74) is 0. The van der Waals surface area contributed by atoms with Crippen LogP contribution in [0.2, 0.25) is 4.47 Å². The molecule has 0 radical (unpaired) electrons. The van der Waals surface area contributed by atoms with Crippen LogP contribution in [-0.4, -0.2) is 41.3 Å². The topological polar surface area (TPSA) is 55.3 Å². The minimum Gasteiger partial charge on any atom is -0.469 e. The molecule has 0 N–H and O–H groups in total. The number of ether oxygens (including phenoxy) is 1. The van der Waals surface area contributed by atoms with Crippen LogP contribution in [0.15, 0.2) is 0 Å². The molecule has 0 saturated carbocycles. The Labute approximate surface area is 109 Å². The van der Waals surface area contributed by atoms with Gasteiger partial charge in [-0.2, -0.15) is 0 Å². The van der Waals surface area contributed by atoms with Gasteiger partial charge < -0.3 is 4.74 Å². The van der Waals surface area contributed by atoms with E-state index in [0.717, 1.165) is 30.9 Å². The van der Waals surface area contributed by atoms with E-state index in [1.807, 2.05) is 0 Å². The van der Waals surface area contributed by atoms with Gasteiger partial charge in [0.15, 0.2) is 0 Å². The quantitative estimate of drug-likeness (QED) is 0.784. The van der Waals surface area contributed by atoms with Crippen LogP contribution in [0.25, 0.3) is 0 Å². The van der Waals surface area contributed by atoms with Crippen LogP contribution in [0.1, 0.15) is 17.8 Å². The van der Waals surface area contributed by atoms with E-state index >= 15 is 0 Å². The molecule has 2 heterocycles. The SMILES string of the molecule is COC(=O)[C@H]1CCCN(Cc2nnc(Cl)s2)C1. The third-order valence-corrected chi connectivity index (χ3v) is 3.84. The third-order valence-electron chi connectivity index (χ3n) is 2.84. The first-order valence-electron chi connectivity index (χ1n) is 5.47. The maximum Gasteiger partial charge on any atom is 0.309 e. The normalized spacial score (nSPS) is 21.4. The molecule has 94 valence electrons. The summed E-state index contributed by atoms with van der Waals surface area (Å²) < 4.78 is 5.24. The molecule has 0 unspecified atom stereocenters. The van der Waals surface area contributed by atoms with Crippen LogP contribution in [0, 0.1) is 5.92 Å². The summed E-state index contributed by atoms with van der Waals surface area (Å²) in [6.07, 6.45) is 1.91. The molecule has 1 aromatic rings. The number of carbonyl (C=O) groups excluding carboxylic acids is 1. The van der Waals surface area contributed by atoms with Gasteiger partial charge in [0.05, 0.1) is 19.6 Å². The van der Waals surface area contributed by atoms with Crippen molar-refractivity contribution < 1.29 is 9.53 Å². The lowest BCUT2D eigenvalue weighted by Gasteiger charge is -2.30. The largest absolute Gasteiger partial charge is 0.469 e. The molecule has 0 spiro atoms. The summed E-state index contributed by atoms with van der Waals surface area (Å²) in [6.45, 7) is 2.41. The van der Waals surface area contributed by atoms with Crippen LogP contribution >= 0.6 is 22.9 Å². The molecule has 5 nitrogen and oxygen atoms in total. The standard InChI is InChI=1S/C10H14ClN3O2S/c1-16-9(15)7-3-2-4-14(5-7)6-8-12-13-10(11)17-8/h7H,2-6H2,1H3/t7-/m0/s1. The Morgan fingerprint density at radius 1 is 1.65 bits per heavy atom. The Morgan fingerprint density at radius 2 is 2.47 bits per heavy atom. The van der Waals surface area contributed by atoms with Crippen molar-refractivity contribution in [3.63, 3.8) is 0 Å². The van der Waals surface area contributed by atoms with Gasteiger partial charge in [-0.3, -0.25) is 9.69 Å². The van der Waals surface area contributed by atoms with E-state index in [0.29, 0.717) is 11.0 Å². The molecule has 1 atom stereocenters. The van der Waals surface area contributed by atoms with Crippen LogP contribution < -0.4 is 0 Å². The molecule has 0 aliphatic carbocycles. The fourth-order valence-corrected chi connectivity index (χ4v) is 2.96. The molecule has 1 saturated heterocycles. The summed E-state index contributed by atoms with van der Waals surface area (Å²) in [5, 5.41) is 8.64. The maximum absolute atomic E-state index is 11.5. The van der Waals surface area contributed by atoms with E-state index in [4.69, 9.17) is 16.3 Å². The Balaban J connectivity index is 1.91. The Bertz CT molecular complexity index is 399. The number of halogens is 1. The summed E-state index contributed by atoms with van der Waals surface area (Å²) in [4.78, 5) is 13.7. The molecule has 1 aliphatic rings. The molecule has 7 heteroatoms. The Morgan fingerprint density at radius 3 is 3.12 bits per heavy atom. The molecule has 0 amide bonds. The zero-order valence-corrected chi connectivity index (χ0v) is 11.1. The Kier molecular flexibility index (Phi) is 4.31. The summed E-state index contributed by atoms with van der Waals surface area (Å²) in [6, 6.07) is 0. The lowest BCUT2D eigenvalue weighted by molar-refractivity contribution is -0.147. The minimum atomic E-state index is -0.120. The second-order valence-corrected chi connectivity index (χ2v) is 5.69. The van der Waals surface area contributed by atoms with Crippen molar-refractivity contribution in [1.82, 2.24) is 15.1 Å². The van der Waals surface area contributed by atoms with E-state index in [2.05, 4.69) is 15.1 Å². The molecule has 0 bridgehead atoms. The fourth-order valence-electron chi connectivity index (χ4n) is 2.05. The van der Waals surface area contributed by atoms with E-state index in [1.165, 1.54) is 18.4 Å². The third kappa shape index (κ3) is 3.37. The molecule has 2 rings (SSSR count). The van der Waals surface area contributed by atoms with Crippen LogP contribution in [0.3, 0.4) is 0 Å². The van der Waals surface area contributed by atoms with Gasteiger partial charge in [0.1, 0.15) is 5.01 Å². The number of rotatable bonds is 3. The lowest BCUT2D eigenvalue weighted by atomic mass is 9.98. The van der Waals surface area contributed by atoms with Crippen molar-refractivity contribution in [2.75, 3.05) is 20.2 Å². The fraction of sp³-hybridized carbons (Fsp3) is 0.700. The highest BCUT2D eigenvalue weighted by Gasteiger charge is 2.26. The second kappa shape index (κ2) is 5.75. The monoisotopic (exact) mass is 275 g/mol. The number of hydrogen-bond acceptors (Lipinski definition) is 6. The molecular formula is C10H14ClN3O2S. The molecule has 17 heavy (non-hydrogen) atoms. The van der Waals surface area contributed by atoms with Gasteiger partial charge in [-0.05, 0) is 31.0 Å². The first-order chi connectivity index (χ1) is 8.19. The Hall–Kier alpha value is -0.720. The number of likely N-dealkylation sites (tertiary alicyclic amines) is 1. The van der Waals surface area contributed by atoms with Gasteiger partial charge >= 0.3 is 5.97 Å². The number of esters is 1. The van der Waals surface area contributed by atoms with Crippen molar-refractivity contribution in [1.29, 1.82) is 0 Å². The smallest absolute Gasteiger partial charge is 0.309 e. The second-order valence-electron chi connectivity index (χ2n) is 4.05. The molecule has 0 aromatic carbocycles. The number of methoxy groups -OCH3 is 1. The van der Waals surface area contributed by atoms with Crippen molar-refractivity contribution in [2.24, 2.45) is 5.92 Å². The molecule has 1 fully saturated rings. The van der Waals surface area contributed by atoms with Crippen molar-refractivity contribution in [3.8, 4) is 0 Å². The predicted molar refractivity (Wildman–Crippen MR) is 64.9 cm³/mol. The summed E-state index contributed by atoms with van der Waals surface area (Å²) >= 11 is 7.11. The molecule has 1 aromatic heterocycles. The number of nitrogens with zero attached hydrogens (tertiary/aromatic N) is 3. The summed E-state index contributed by atoms with van der Waals surface area (Å²) in [7, 11) is 1.44. The first kappa shape index (κ1) is 12.7. The van der Waals surface area contributed by atoms with Crippen LogP contribution in [-0.2, 0) is 16.1 Å². The lowest BCUT2D eigenvalue weighted by Crippen LogP contribution is -2.38. The van der Waals surface area contributed by atoms with Crippen molar-refractivity contribution >= 4 is 28.9 Å². The highest BCUT2D eigenvalue weighted by molar-refractivity contribution is 7.15. The number of hydrogen-bond donors (Lipinski definition) is 0. The van der Waals surface area contributed by atoms with Gasteiger partial charge in [-0.1, -0.05) is 11.3 Å². The predicted octanol–water partition coefficient (Wildman–Crippen LogP) is 1.58. The van der Waals surface area contributed by atoms with Gasteiger partial charge in [0.25, 0.3) is 0 Å².